The summed E-state index contributed by atoms with van der Waals surface area (Å²) in [5.74, 6) is -0.674. The van der Waals surface area contributed by atoms with Crippen molar-refractivity contribution in [3.63, 3.8) is 0 Å². The van der Waals surface area contributed by atoms with Crippen LogP contribution in [0.4, 0.5) is 0 Å². The van der Waals surface area contributed by atoms with E-state index in [1.54, 1.807) is 18.2 Å². The van der Waals surface area contributed by atoms with Crippen molar-refractivity contribution < 1.29 is 19.4 Å². The summed E-state index contributed by atoms with van der Waals surface area (Å²) in [6.45, 7) is 1.44. The minimum absolute atomic E-state index is 0.151. The normalized spacial score (nSPS) is 10.9. The third-order valence-electron chi connectivity index (χ3n) is 3.39. The molecule has 0 heterocycles. The third-order valence-corrected chi connectivity index (χ3v) is 3.67. The molecule has 0 amide bonds. The SMILES string of the molecule is COc1cc(/C=C(/C#N)c2ccc(C)cc2)cc(Cl)c1OCC(=O)O. The van der Waals surface area contributed by atoms with Crippen molar-refractivity contribution in [2.45, 2.75) is 6.92 Å². The zero-order valence-corrected chi connectivity index (χ0v) is 14.5. The Balaban J connectivity index is 2.41. The summed E-state index contributed by atoms with van der Waals surface area (Å²) in [7, 11) is 1.43. The number of aryl methyl sites for hydroxylation is 1. The second kappa shape index (κ2) is 8.22. The van der Waals surface area contributed by atoms with Crippen LogP contribution in [0.15, 0.2) is 36.4 Å². The number of nitriles is 1. The van der Waals surface area contributed by atoms with Gasteiger partial charge in [-0.05, 0) is 36.3 Å². The highest BCUT2D eigenvalue weighted by molar-refractivity contribution is 6.32. The molecule has 0 fully saturated rings. The van der Waals surface area contributed by atoms with Crippen molar-refractivity contribution in [3.8, 4) is 17.6 Å². The van der Waals surface area contributed by atoms with Crippen LogP contribution in [-0.2, 0) is 4.79 Å². The van der Waals surface area contributed by atoms with Crippen LogP contribution in [0.1, 0.15) is 16.7 Å². The molecule has 0 saturated heterocycles. The van der Waals surface area contributed by atoms with Gasteiger partial charge in [-0.25, -0.2) is 4.79 Å². The predicted molar refractivity (Wildman–Crippen MR) is 95.8 cm³/mol. The molecule has 0 spiro atoms. The number of halogens is 1. The second-order valence-corrected chi connectivity index (χ2v) is 5.66. The number of rotatable bonds is 6. The lowest BCUT2D eigenvalue weighted by Gasteiger charge is -2.12. The van der Waals surface area contributed by atoms with Crippen molar-refractivity contribution in [1.82, 2.24) is 0 Å². The van der Waals surface area contributed by atoms with E-state index in [9.17, 15) is 10.1 Å². The Labute approximate surface area is 150 Å². The molecule has 0 radical (unpaired) electrons. The molecule has 0 saturated carbocycles. The van der Waals surface area contributed by atoms with Crippen LogP contribution in [0.5, 0.6) is 11.5 Å². The van der Waals surface area contributed by atoms with E-state index in [1.165, 1.54) is 7.11 Å². The van der Waals surface area contributed by atoms with Crippen LogP contribution in [0.25, 0.3) is 11.6 Å². The Kier molecular flexibility index (Phi) is 6.04. The monoisotopic (exact) mass is 357 g/mol. The minimum atomic E-state index is -1.12. The standard InChI is InChI=1S/C19H16ClNO4/c1-12-3-5-14(6-4-12)15(10-21)7-13-8-16(20)19(17(9-13)24-2)25-11-18(22)23/h3-9H,11H2,1-2H3,(H,22,23)/b15-7-. The molecule has 2 aromatic rings. The van der Waals surface area contributed by atoms with E-state index in [1.807, 2.05) is 31.2 Å². The predicted octanol–water partition coefficient (Wildman–Crippen LogP) is 4.18. The molecule has 0 aromatic heterocycles. The average molecular weight is 358 g/mol. The van der Waals surface area contributed by atoms with E-state index in [-0.39, 0.29) is 10.8 Å². The Morgan fingerprint density at radius 1 is 1.32 bits per heavy atom. The van der Waals surface area contributed by atoms with Crippen LogP contribution >= 0.6 is 11.6 Å². The minimum Gasteiger partial charge on any atom is -0.493 e. The molecule has 6 heteroatoms. The molecule has 0 aliphatic carbocycles. The maximum Gasteiger partial charge on any atom is 0.341 e. The molecular weight excluding hydrogens is 342 g/mol. The third kappa shape index (κ3) is 4.75. The molecule has 2 rings (SSSR count). The van der Waals surface area contributed by atoms with Crippen LogP contribution in [0, 0.1) is 18.3 Å². The van der Waals surface area contributed by atoms with Crippen molar-refractivity contribution in [3.05, 3.63) is 58.1 Å². The van der Waals surface area contributed by atoms with Gasteiger partial charge < -0.3 is 14.6 Å². The van der Waals surface area contributed by atoms with Gasteiger partial charge in [-0.2, -0.15) is 5.26 Å². The van der Waals surface area contributed by atoms with E-state index in [0.29, 0.717) is 16.9 Å². The highest BCUT2D eigenvalue weighted by Crippen LogP contribution is 2.37. The quantitative estimate of drug-likeness (QED) is 0.619. The number of hydrogen-bond acceptors (Lipinski definition) is 4. The first kappa shape index (κ1) is 18.4. The van der Waals surface area contributed by atoms with Crippen LogP contribution in [-0.4, -0.2) is 24.8 Å². The lowest BCUT2D eigenvalue weighted by molar-refractivity contribution is -0.139. The van der Waals surface area contributed by atoms with Gasteiger partial charge in [0.2, 0.25) is 0 Å². The first-order valence-corrected chi connectivity index (χ1v) is 7.73. The summed E-state index contributed by atoms with van der Waals surface area (Å²) in [5, 5.41) is 18.4. The molecule has 0 unspecified atom stereocenters. The highest BCUT2D eigenvalue weighted by atomic mass is 35.5. The van der Waals surface area contributed by atoms with Gasteiger partial charge in [-0.15, -0.1) is 0 Å². The smallest absolute Gasteiger partial charge is 0.341 e. The maximum atomic E-state index is 10.7. The Morgan fingerprint density at radius 2 is 2.00 bits per heavy atom. The molecule has 0 aliphatic rings. The number of allylic oxidation sites excluding steroid dienone is 1. The van der Waals surface area contributed by atoms with Gasteiger partial charge in [-0.1, -0.05) is 41.4 Å². The van der Waals surface area contributed by atoms with E-state index in [4.69, 9.17) is 26.2 Å². The number of carboxylic acids is 1. The van der Waals surface area contributed by atoms with E-state index in [0.717, 1.165) is 11.1 Å². The van der Waals surface area contributed by atoms with Crippen LogP contribution < -0.4 is 9.47 Å². The number of ether oxygens (including phenoxy) is 2. The van der Waals surface area contributed by atoms with E-state index in [2.05, 4.69) is 6.07 Å². The Morgan fingerprint density at radius 3 is 2.56 bits per heavy atom. The first-order chi connectivity index (χ1) is 11.9. The number of nitrogens with zero attached hydrogens (tertiary/aromatic N) is 1. The van der Waals surface area contributed by atoms with Crippen molar-refractivity contribution in [1.29, 1.82) is 5.26 Å². The van der Waals surface area contributed by atoms with Crippen molar-refractivity contribution >= 4 is 29.2 Å². The van der Waals surface area contributed by atoms with E-state index < -0.39 is 12.6 Å². The number of carbonyl (C=O) groups is 1. The molecule has 128 valence electrons. The van der Waals surface area contributed by atoms with Gasteiger partial charge in [0.1, 0.15) is 0 Å². The fourth-order valence-electron chi connectivity index (χ4n) is 2.18. The summed E-state index contributed by atoms with van der Waals surface area (Å²) >= 11 is 6.18. The molecule has 0 aliphatic heterocycles. The topological polar surface area (TPSA) is 79.5 Å². The van der Waals surface area contributed by atoms with Crippen LogP contribution in [0.3, 0.4) is 0 Å². The Hall–Kier alpha value is -2.97. The van der Waals surface area contributed by atoms with Gasteiger partial charge in [0.05, 0.1) is 23.8 Å². The van der Waals surface area contributed by atoms with Crippen molar-refractivity contribution in [2.75, 3.05) is 13.7 Å². The summed E-state index contributed by atoms with van der Waals surface area (Å²) in [5.41, 5.74) is 3.00. The van der Waals surface area contributed by atoms with Gasteiger partial charge >= 0.3 is 5.97 Å². The summed E-state index contributed by atoms with van der Waals surface area (Å²) in [4.78, 5) is 10.7. The van der Waals surface area contributed by atoms with Gasteiger partial charge in [0.25, 0.3) is 0 Å². The number of aliphatic carboxylic acids is 1. The molecule has 5 nitrogen and oxygen atoms in total. The van der Waals surface area contributed by atoms with E-state index >= 15 is 0 Å². The lowest BCUT2D eigenvalue weighted by Crippen LogP contribution is -2.10. The zero-order valence-electron chi connectivity index (χ0n) is 13.7. The first-order valence-electron chi connectivity index (χ1n) is 7.35. The largest absolute Gasteiger partial charge is 0.493 e. The average Bonchev–Trinajstić information content (AvgIpc) is 2.59. The van der Waals surface area contributed by atoms with Crippen LogP contribution in [0.2, 0.25) is 5.02 Å². The number of hydrogen-bond donors (Lipinski definition) is 1. The molecule has 2 aromatic carbocycles. The molecule has 0 atom stereocenters. The van der Waals surface area contributed by atoms with Gasteiger partial charge in [0, 0.05) is 0 Å². The number of benzene rings is 2. The number of methoxy groups -OCH3 is 1. The molecular formula is C19H16ClNO4. The lowest BCUT2D eigenvalue weighted by atomic mass is 10.0. The fourth-order valence-corrected chi connectivity index (χ4v) is 2.45. The summed E-state index contributed by atoms with van der Waals surface area (Å²) < 4.78 is 10.4. The van der Waals surface area contributed by atoms with Gasteiger partial charge in [-0.3, -0.25) is 0 Å². The maximum absolute atomic E-state index is 10.7. The number of carboxylic acid groups (broad SMARTS) is 1. The van der Waals surface area contributed by atoms with Crippen molar-refractivity contribution in [2.24, 2.45) is 0 Å². The fraction of sp³-hybridized carbons (Fsp3) is 0.158. The molecule has 1 N–H and O–H groups in total. The summed E-state index contributed by atoms with van der Waals surface area (Å²) in [6.07, 6.45) is 1.68. The van der Waals surface area contributed by atoms with Gasteiger partial charge in [0.15, 0.2) is 18.1 Å². The molecule has 0 bridgehead atoms. The molecule has 25 heavy (non-hydrogen) atoms. The second-order valence-electron chi connectivity index (χ2n) is 5.25. The zero-order chi connectivity index (χ0) is 18.4. The summed E-state index contributed by atoms with van der Waals surface area (Å²) in [6, 6.07) is 13.0. The highest BCUT2D eigenvalue weighted by Gasteiger charge is 2.13. The Bertz CT molecular complexity index is 851.